The highest BCUT2D eigenvalue weighted by Crippen LogP contribution is 2.41. The van der Waals surface area contributed by atoms with Crippen molar-refractivity contribution in [3.8, 4) is 0 Å². The second-order valence-electron chi connectivity index (χ2n) is 3.84. The number of carbonyl (C=O) groups excluding carboxylic acids is 1. The number of ketones is 1. The van der Waals surface area contributed by atoms with E-state index in [2.05, 4.69) is 0 Å². The molecule has 0 fully saturated rings. The summed E-state index contributed by atoms with van der Waals surface area (Å²) in [6, 6.07) is 2.86. The summed E-state index contributed by atoms with van der Waals surface area (Å²) in [4.78, 5) is 11.4. The van der Waals surface area contributed by atoms with Crippen molar-refractivity contribution >= 4 is 17.4 Å². The Morgan fingerprint density at radius 3 is 1.95 bits per heavy atom. The molecule has 0 spiro atoms. The van der Waals surface area contributed by atoms with Gasteiger partial charge in [0.25, 0.3) is 0 Å². The molecule has 1 aromatic carbocycles. The van der Waals surface area contributed by atoms with Crippen molar-refractivity contribution in [2.24, 2.45) is 5.92 Å². The van der Waals surface area contributed by atoms with E-state index in [1.807, 2.05) is 0 Å². The Kier molecular flexibility index (Phi) is 4.19. The van der Waals surface area contributed by atoms with Gasteiger partial charge < -0.3 is 0 Å². The first kappa shape index (κ1) is 15.8. The number of hydrogen-bond donors (Lipinski definition) is 0. The Bertz CT molecular complexity index is 477. The van der Waals surface area contributed by atoms with Gasteiger partial charge in [0.2, 0.25) is 5.92 Å². The van der Waals surface area contributed by atoms with Gasteiger partial charge in [-0.2, -0.15) is 26.3 Å². The van der Waals surface area contributed by atoms with E-state index in [-0.39, 0.29) is 5.02 Å². The second-order valence-corrected chi connectivity index (χ2v) is 4.25. The van der Waals surface area contributed by atoms with Crippen molar-refractivity contribution in [1.82, 2.24) is 0 Å². The lowest BCUT2D eigenvalue weighted by Gasteiger charge is -2.21. The fraction of sp³-hybridized carbons (Fsp3) is 0.364. The molecule has 0 saturated heterocycles. The van der Waals surface area contributed by atoms with E-state index in [9.17, 15) is 31.1 Å². The van der Waals surface area contributed by atoms with Gasteiger partial charge >= 0.3 is 12.4 Å². The van der Waals surface area contributed by atoms with Crippen LogP contribution in [0.15, 0.2) is 18.2 Å². The molecule has 1 rings (SSSR count). The predicted octanol–water partition coefficient (Wildman–Crippen LogP) is 4.57. The molecule has 0 radical (unpaired) electrons. The van der Waals surface area contributed by atoms with Crippen LogP contribution in [0.2, 0.25) is 5.02 Å². The summed E-state index contributed by atoms with van der Waals surface area (Å²) in [5, 5.41) is -0.0750. The Balaban J connectivity index is 3.24. The summed E-state index contributed by atoms with van der Waals surface area (Å²) in [5.74, 6) is -6.11. The minimum Gasteiger partial charge on any atom is -0.293 e. The molecule has 106 valence electrons. The minimum atomic E-state index is -5.70. The average Bonchev–Trinajstić information content (AvgIpc) is 2.17. The van der Waals surface area contributed by atoms with Crippen LogP contribution in [0.4, 0.5) is 26.3 Å². The van der Waals surface area contributed by atoms with Gasteiger partial charge in [-0.15, -0.1) is 0 Å². The molecular weight excluding hydrogens is 298 g/mol. The number of Topliss-reactive ketones (excluding diaryl/α,β-unsaturated/α-hetero) is 1. The van der Waals surface area contributed by atoms with Crippen LogP contribution in [-0.4, -0.2) is 18.1 Å². The van der Waals surface area contributed by atoms with Gasteiger partial charge in [-0.25, -0.2) is 0 Å². The summed E-state index contributed by atoms with van der Waals surface area (Å²) in [6.07, 6.45) is -11.4. The van der Waals surface area contributed by atoms with Gasteiger partial charge in [0.1, 0.15) is 0 Å². The normalized spacial score (nSPS) is 12.9. The molecule has 8 heteroatoms. The molecule has 0 bridgehead atoms. The van der Waals surface area contributed by atoms with E-state index < -0.39 is 29.6 Å². The topological polar surface area (TPSA) is 17.1 Å². The largest absolute Gasteiger partial charge is 0.407 e. The first-order valence-electron chi connectivity index (χ1n) is 4.88. The molecule has 0 unspecified atom stereocenters. The Labute approximate surface area is 109 Å². The third-order valence-electron chi connectivity index (χ3n) is 2.37. The number of alkyl halides is 6. The van der Waals surface area contributed by atoms with E-state index in [0.717, 1.165) is 12.1 Å². The SMILES string of the molecule is Cc1ccc(C(=O)C(C(F)(F)F)C(F)(F)F)cc1Cl. The van der Waals surface area contributed by atoms with Gasteiger partial charge in [0.05, 0.1) is 0 Å². The predicted molar refractivity (Wildman–Crippen MR) is 56.1 cm³/mol. The number of halogens is 7. The van der Waals surface area contributed by atoms with Crippen LogP contribution in [0.3, 0.4) is 0 Å². The fourth-order valence-corrected chi connectivity index (χ4v) is 1.58. The summed E-state index contributed by atoms with van der Waals surface area (Å²) in [7, 11) is 0. The van der Waals surface area contributed by atoms with Gasteiger partial charge in [0, 0.05) is 10.6 Å². The number of benzene rings is 1. The Morgan fingerprint density at radius 1 is 1.11 bits per heavy atom. The maximum atomic E-state index is 12.4. The van der Waals surface area contributed by atoms with E-state index >= 15 is 0 Å². The highest BCUT2D eigenvalue weighted by molar-refractivity contribution is 6.31. The molecule has 0 N–H and O–H groups in total. The molecular formula is C11H7ClF6O. The number of hydrogen-bond acceptors (Lipinski definition) is 1. The second kappa shape index (κ2) is 5.03. The van der Waals surface area contributed by atoms with Gasteiger partial charge in [-0.05, 0) is 18.6 Å². The lowest BCUT2D eigenvalue weighted by atomic mass is 9.96. The van der Waals surface area contributed by atoms with Crippen molar-refractivity contribution in [2.75, 3.05) is 0 Å². The number of aryl methyl sites for hydroxylation is 1. The number of carbonyl (C=O) groups is 1. The molecule has 0 aliphatic carbocycles. The van der Waals surface area contributed by atoms with Crippen molar-refractivity contribution in [2.45, 2.75) is 19.3 Å². The zero-order valence-corrected chi connectivity index (χ0v) is 10.1. The van der Waals surface area contributed by atoms with E-state index in [1.54, 1.807) is 0 Å². The van der Waals surface area contributed by atoms with Crippen LogP contribution < -0.4 is 0 Å². The average molecular weight is 305 g/mol. The summed E-state index contributed by atoms with van der Waals surface area (Å²) >= 11 is 5.58. The van der Waals surface area contributed by atoms with Crippen LogP contribution in [0.25, 0.3) is 0 Å². The Hall–Kier alpha value is -1.24. The number of rotatable bonds is 2. The van der Waals surface area contributed by atoms with Gasteiger partial charge in [-0.3, -0.25) is 4.79 Å². The first-order valence-corrected chi connectivity index (χ1v) is 5.26. The fourth-order valence-electron chi connectivity index (χ4n) is 1.40. The van der Waals surface area contributed by atoms with E-state index in [1.165, 1.54) is 13.0 Å². The van der Waals surface area contributed by atoms with Gasteiger partial charge in [-0.1, -0.05) is 23.7 Å². The highest BCUT2D eigenvalue weighted by Gasteiger charge is 2.60. The molecule has 0 aliphatic rings. The maximum absolute atomic E-state index is 12.4. The van der Waals surface area contributed by atoms with Crippen LogP contribution in [0.1, 0.15) is 15.9 Å². The summed E-state index contributed by atoms with van der Waals surface area (Å²) < 4.78 is 74.1. The molecule has 0 saturated carbocycles. The van der Waals surface area contributed by atoms with E-state index in [0.29, 0.717) is 5.56 Å². The third-order valence-corrected chi connectivity index (χ3v) is 2.78. The van der Waals surface area contributed by atoms with Crippen molar-refractivity contribution < 1.29 is 31.1 Å². The molecule has 0 aromatic heterocycles. The standard InChI is InChI=1S/C11H7ClF6O/c1-5-2-3-6(4-7(5)12)8(19)9(10(13,14)15)11(16,17)18/h2-4,9H,1H3. The monoisotopic (exact) mass is 304 g/mol. The molecule has 0 atom stereocenters. The molecule has 1 nitrogen and oxygen atoms in total. The third kappa shape index (κ3) is 3.62. The van der Waals surface area contributed by atoms with Crippen molar-refractivity contribution in [3.05, 3.63) is 34.3 Å². The first-order chi connectivity index (χ1) is 8.44. The molecule has 0 heterocycles. The summed E-state index contributed by atoms with van der Waals surface area (Å²) in [6.45, 7) is 1.50. The molecule has 0 amide bonds. The minimum absolute atomic E-state index is 0.0750. The van der Waals surface area contributed by atoms with Crippen LogP contribution in [-0.2, 0) is 0 Å². The smallest absolute Gasteiger partial charge is 0.293 e. The quantitative estimate of drug-likeness (QED) is 0.578. The molecule has 19 heavy (non-hydrogen) atoms. The van der Waals surface area contributed by atoms with Crippen LogP contribution >= 0.6 is 11.6 Å². The van der Waals surface area contributed by atoms with Crippen LogP contribution in [0, 0.1) is 12.8 Å². The van der Waals surface area contributed by atoms with E-state index in [4.69, 9.17) is 11.6 Å². The lowest BCUT2D eigenvalue weighted by Crippen LogP contribution is -2.42. The maximum Gasteiger partial charge on any atom is 0.407 e. The molecule has 0 aliphatic heterocycles. The molecule has 1 aromatic rings. The zero-order valence-electron chi connectivity index (χ0n) is 9.36. The van der Waals surface area contributed by atoms with Gasteiger partial charge in [0.15, 0.2) is 5.78 Å². The van der Waals surface area contributed by atoms with Crippen molar-refractivity contribution in [1.29, 1.82) is 0 Å². The summed E-state index contributed by atoms with van der Waals surface area (Å²) in [5.41, 5.74) is -0.288. The zero-order chi connectivity index (χ0) is 15.0. The Morgan fingerprint density at radius 2 is 1.58 bits per heavy atom. The van der Waals surface area contributed by atoms with Crippen molar-refractivity contribution in [3.63, 3.8) is 0 Å². The van der Waals surface area contributed by atoms with Crippen LogP contribution in [0.5, 0.6) is 0 Å². The highest BCUT2D eigenvalue weighted by atomic mass is 35.5. The lowest BCUT2D eigenvalue weighted by molar-refractivity contribution is -0.264.